The summed E-state index contributed by atoms with van der Waals surface area (Å²) in [6.45, 7) is 2.13. The first-order valence-corrected chi connectivity index (χ1v) is 7.27. The van der Waals surface area contributed by atoms with E-state index in [1.807, 2.05) is 11.8 Å². The highest BCUT2D eigenvalue weighted by molar-refractivity contribution is 9.11. The molecule has 0 fully saturated rings. The highest BCUT2D eigenvalue weighted by Crippen LogP contribution is 2.21. The molecule has 74 valence electrons. The maximum atomic E-state index is 3.45. The monoisotopic (exact) mass is 279 g/mol. The summed E-state index contributed by atoms with van der Waals surface area (Å²) < 4.78 is 1.22. The van der Waals surface area contributed by atoms with Gasteiger partial charge in [0.05, 0.1) is 3.79 Å². The van der Waals surface area contributed by atoms with Gasteiger partial charge in [0.25, 0.3) is 0 Å². The second kappa shape index (κ2) is 6.87. The van der Waals surface area contributed by atoms with Crippen LogP contribution in [0.25, 0.3) is 0 Å². The first-order valence-electron chi connectivity index (χ1n) is 4.27. The van der Waals surface area contributed by atoms with Crippen LogP contribution in [0.4, 0.5) is 0 Å². The summed E-state index contributed by atoms with van der Waals surface area (Å²) in [4.78, 5) is 1.40. The molecule has 13 heavy (non-hydrogen) atoms. The number of rotatable bonds is 6. The lowest BCUT2D eigenvalue weighted by atomic mass is 10.4. The van der Waals surface area contributed by atoms with Crippen molar-refractivity contribution < 1.29 is 0 Å². The van der Waals surface area contributed by atoms with E-state index in [1.54, 1.807) is 11.3 Å². The van der Waals surface area contributed by atoms with E-state index in [9.17, 15) is 0 Å². The Morgan fingerprint density at radius 2 is 2.38 bits per heavy atom. The van der Waals surface area contributed by atoms with Crippen molar-refractivity contribution in [3.63, 3.8) is 0 Å². The molecule has 0 atom stereocenters. The zero-order chi connectivity index (χ0) is 9.52. The van der Waals surface area contributed by atoms with Crippen molar-refractivity contribution in [2.75, 3.05) is 18.6 Å². The number of thiophene rings is 1. The Balaban J connectivity index is 2.06. The van der Waals surface area contributed by atoms with Crippen LogP contribution in [0, 0.1) is 0 Å². The Labute approximate surface area is 96.4 Å². The highest BCUT2D eigenvalue weighted by atomic mass is 79.9. The Bertz CT molecular complexity index is 237. The summed E-state index contributed by atoms with van der Waals surface area (Å²) in [5.74, 6) is 1.25. The summed E-state index contributed by atoms with van der Waals surface area (Å²) in [6.07, 6.45) is 3.41. The van der Waals surface area contributed by atoms with Gasteiger partial charge in [0.15, 0.2) is 0 Å². The Morgan fingerprint density at radius 1 is 1.54 bits per heavy atom. The molecule has 0 aromatic carbocycles. The quantitative estimate of drug-likeness (QED) is 0.802. The van der Waals surface area contributed by atoms with Gasteiger partial charge >= 0.3 is 0 Å². The van der Waals surface area contributed by atoms with Crippen molar-refractivity contribution >= 4 is 39.0 Å². The smallest absolute Gasteiger partial charge is 0.0701 e. The standard InChI is InChI=1S/C9H14BrNS2/c1-12-6-2-5-11-7-8-3-4-9(10)13-8/h3-4,11H,2,5-7H2,1H3. The lowest BCUT2D eigenvalue weighted by Crippen LogP contribution is -2.14. The van der Waals surface area contributed by atoms with Crippen molar-refractivity contribution in [1.82, 2.24) is 5.32 Å². The molecular formula is C9H14BrNS2. The number of nitrogens with one attached hydrogen (secondary N) is 1. The van der Waals surface area contributed by atoms with E-state index in [-0.39, 0.29) is 0 Å². The minimum atomic E-state index is 1.00. The van der Waals surface area contributed by atoms with Crippen LogP contribution in [-0.4, -0.2) is 18.6 Å². The molecule has 0 saturated carbocycles. The molecule has 0 bridgehead atoms. The Morgan fingerprint density at radius 3 is 3.00 bits per heavy atom. The van der Waals surface area contributed by atoms with Crippen LogP contribution < -0.4 is 5.32 Å². The molecule has 1 nitrogen and oxygen atoms in total. The average molecular weight is 280 g/mol. The fraction of sp³-hybridized carbons (Fsp3) is 0.556. The van der Waals surface area contributed by atoms with Crippen molar-refractivity contribution in [2.24, 2.45) is 0 Å². The largest absolute Gasteiger partial charge is 0.312 e. The van der Waals surface area contributed by atoms with Crippen LogP contribution in [0.5, 0.6) is 0 Å². The summed E-state index contributed by atoms with van der Waals surface area (Å²) in [7, 11) is 0. The van der Waals surface area contributed by atoms with Gasteiger partial charge in [-0.1, -0.05) is 0 Å². The van der Waals surface area contributed by atoms with E-state index in [2.05, 4.69) is 39.6 Å². The van der Waals surface area contributed by atoms with E-state index in [4.69, 9.17) is 0 Å². The van der Waals surface area contributed by atoms with Crippen molar-refractivity contribution in [3.05, 3.63) is 20.8 Å². The summed E-state index contributed by atoms with van der Waals surface area (Å²) in [6, 6.07) is 4.26. The van der Waals surface area contributed by atoms with Gasteiger partial charge < -0.3 is 5.32 Å². The molecule has 1 aromatic rings. The third-order valence-electron chi connectivity index (χ3n) is 1.63. The molecule has 0 radical (unpaired) electrons. The van der Waals surface area contributed by atoms with Gasteiger partial charge in [-0.3, -0.25) is 0 Å². The van der Waals surface area contributed by atoms with Crippen LogP contribution in [-0.2, 0) is 6.54 Å². The number of halogens is 1. The second-order valence-electron chi connectivity index (χ2n) is 2.73. The molecule has 0 amide bonds. The molecule has 0 saturated heterocycles. The molecule has 1 heterocycles. The van der Waals surface area contributed by atoms with E-state index >= 15 is 0 Å². The molecule has 1 rings (SSSR count). The van der Waals surface area contributed by atoms with Gasteiger partial charge in [-0.25, -0.2) is 0 Å². The van der Waals surface area contributed by atoms with Gasteiger partial charge in [-0.05, 0) is 53.0 Å². The molecule has 0 aliphatic heterocycles. The maximum Gasteiger partial charge on any atom is 0.0701 e. The van der Waals surface area contributed by atoms with Gasteiger partial charge in [0.2, 0.25) is 0 Å². The molecule has 1 aromatic heterocycles. The average Bonchev–Trinajstić information content (AvgIpc) is 2.51. The first kappa shape index (κ1) is 11.6. The van der Waals surface area contributed by atoms with E-state index in [1.165, 1.54) is 20.8 Å². The lowest BCUT2D eigenvalue weighted by molar-refractivity contribution is 0.685. The summed E-state index contributed by atoms with van der Waals surface area (Å²) in [5.41, 5.74) is 0. The zero-order valence-electron chi connectivity index (χ0n) is 7.68. The Kier molecular flexibility index (Phi) is 6.11. The van der Waals surface area contributed by atoms with E-state index in [0.717, 1.165) is 13.1 Å². The van der Waals surface area contributed by atoms with Crippen LogP contribution >= 0.6 is 39.0 Å². The van der Waals surface area contributed by atoms with Crippen LogP contribution in [0.1, 0.15) is 11.3 Å². The third kappa shape index (κ3) is 5.05. The predicted octanol–water partition coefficient (Wildman–Crippen LogP) is 3.35. The van der Waals surface area contributed by atoms with Crippen molar-refractivity contribution in [1.29, 1.82) is 0 Å². The lowest BCUT2D eigenvalue weighted by Gasteiger charge is -2.00. The van der Waals surface area contributed by atoms with Gasteiger partial charge in [0.1, 0.15) is 0 Å². The molecule has 4 heteroatoms. The Hall–Kier alpha value is 0.490. The number of thioether (sulfide) groups is 1. The highest BCUT2D eigenvalue weighted by Gasteiger charge is 1.95. The molecule has 0 aliphatic carbocycles. The van der Waals surface area contributed by atoms with Crippen LogP contribution in [0.15, 0.2) is 15.9 Å². The number of hydrogen-bond acceptors (Lipinski definition) is 3. The predicted molar refractivity (Wildman–Crippen MR) is 66.7 cm³/mol. The second-order valence-corrected chi connectivity index (χ2v) is 6.26. The molecule has 0 unspecified atom stereocenters. The minimum Gasteiger partial charge on any atom is -0.312 e. The first-order chi connectivity index (χ1) is 6.33. The van der Waals surface area contributed by atoms with Crippen LogP contribution in [0.3, 0.4) is 0 Å². The summed E-state index contributed by atoms with van der Waals surface area (Å²) >= 11 is 7.16. The van der Waals surface area contributed by atoms with E-state index < -0.39 is 0 Å². The van der Waals surface area contributed by atoms with Crippen LogP contribution in [0.2, 0.25) is 0 Å². The van der Waals surface area contributed by atoms with Gasteiger partial charge in [-0.2, -0.15) is 11.8 Å². The van der Waals surface area contributed by atoms with Gasteiger partial charge in [0, 0.05) is 11.4 Å². The number of hydrogen-bond donors (Lipinski definition) is 1. The van der Waals surface area contributed by atoms with Crippen molar-refractivity contribution in [2.45, 2.75) is 13.0 Å². The topological polar surface area (TPSA) is 12.0 Å². The van der Waals surface area contributed by atoms with Gasteiger partial charge in [-0.15, -0.1) is 11.3 Å². The normalized spacial score (nSPS) is 10.6. The molecule has 1 N–H and O–H groups in total. The molecular weight excluding hydrogens is 266 g/mol. The zero-order valence-corrected chi connectivity index (χ0v) is 10.9. The summed E-state index contributed by atoms with van der Waals surface area (Å²) in [5, 5.41) is 3.43. The fourth-order valence-electron chi connectivity index (χ4n) is 1.000. The minimum absolute atomic E-state index is 1.00. The van der Waals surface area contributed by atoms with Crippen molar-refractivity contribution in [3.8, 4) is 0 Å². The molecule has 0 spiro atoms. The SMILES string of the molecule is CSCCCNCc1ccc(Br)s1. The third-order valence-corrected chi connectivity index (χ3v) is 3.95. The van der Waals surface area contributed by atoms with E-state index in [0.29, 0.717) is 0 Å². The molecule has 0 aliphatic rings. The fourth-order valence-corrected chi connectivity index (χ4v) is 2.89. The maximum absolute atomic E-state index is 3.45.